The SMILES string of the molecule is Cc1cccc(C)c1C(=O)Nc1ccc(N2CCNCC2)cn1. The number of piperazine rings is 1. The minimum atomic E-state index is -0.108. The number of anilines is 2. The van der Waals surface area contributed by atoms with Crippen molar-refractivity contribution in [2.45, 2.75) is 13.8 Å². The largest absolute Gasteiger partial charge is 0.368 e. The number of aromatic nitrogens is 1. The van der Waals surface area contributed by atoms with Crippen LogP contribution in [0.2, 0.25) is 0 Å². The first-order valence-corrected chi connectivity index (χ1v) is 7.94. The summed E-state index contributed by atoms with van der Waals surface area (Å²) in [6.45, 7) is 7.84. The van der Waals surface area contributed by atoms with Crippen LogP contribution < -0.4 is 15.5 Å². The number of benzene rings is 1. The molecule has 1 saturated heterocycles. The van der Waals surface area contributed by atoms with E-state index in [9.17, 15) is 4.79 Å². The molecular weight excluding hydrogens is 288 g/mol. The maximum atomic E-state index is 12.5. The standard InChI is InChI=1S/C18H22N4O/c1-13-4-3-5-14(2)17(13)18(23)21-16-7-6-15(12-20-16)22-10-8-19-9-11-22/h3-7,12,19H,8-11H2,1-2H3,(H,20,21,23). The summed E-state index contributed by atoms with van der Waals surface area (Å²) < 4.78 is 0. The molecule has 1 amide bonds. The average Bonchev–Trinajstić information content (AvgIpc) is 2.56. The van der Waals surface area contributed by atoms with E-state index >= 15 is 0 Å². The van der Waals surface area contributed by atoms with E-state index < -0.39 is 0 Å². The molecule has 2 heterocycles. The number of rotatable bonds is 3. The second kappa shape index (κ2) is 6.79. The highest BCUT2D eigenvalue weighted by Gasteiger charge is 2.14. The van der Waals surface area contributed by atoms with Crippen LogP contribution in [-0.2, 0) is 0 Å². The Bertz CT molecular complexity index is 670. The van der Waals surface area contributed by atoms with Gasteiger partial charge in [0.15, 0.2) is 0 Å². The maximum Gasteiger partial charge on any atom is 0.257 e. The predicted octanol–water partition coefficient (Wildman–Crippen LogP) is 2.36. The van der Waals surface area contributed by atoms with Crippen LogP contribution in [0, 0.1) is 13.8 Å². The first-order valence-electron chi connectivity index (χ1n) is 7.94. The summed E-state index contributed by atoms with van der Waals surface area (Å²) >= 11 is 0. The molecule has 0 aliphatic carbocycles. The molecule has 23 heavy (non-hydrogen) atoms. The lowest BCUT2D eigenvalue weighted by atomic mass is 10.0. The van der Waals surface area contributed by atoms with Gasteiger partial charge in [0.25, 0.3) is 5.91 Å². The van der Waals surface area contributed by atoms with Gasteiger partial charge in [0.2, 0.25) is 0 Å². The number of amides is 1. The molecule has 2 aromatic rings. The highest BCUT2D eigenvalue weighted by molar-refractivity contribution is 6.05. The topological polar surface area (TPSA) is 57.3 Å². The van der Waals surface area contributed by atoms with Crippen LogP contribution >= 0.6 is 0 Å². The number of carbonyl (C=O) groups excluding carboxylic acids is 1. The van der Waals surface area contributed by atoms with Crippen LogP contribution in [0.5, 0.6) is 0 Å². The van der Waals surface area contributed by atoms with Crippen molar-refractivity contribution in [3.63, 3.8) is 0 Å². The smallest absolute Gasteiger partial charge is 0.257 e. The van der Waals surface area contributed by atoms with Crippen LogP contribution in [0.15, 0.2) is 36.5 Å². The van der Waals surface area contributed by atoms with E-state index in [0.29, 0.717) is 5.82 Å². The number of hydrogen-bond donors (Lipinski definition) is 2. The third kappa shape index (κ3) is 3.51. The molecule has 5 nitrogen and oxygen atoms in total. The van der Waals surface area contributed by atoms with Crippen molar-refractivity contribution in [3.05, 3.63) is 53.2 Å². The van der Waals surface area contributed by atoms with E-state index in [0.717, 1.165) is 48.6 Å². The second-order valence-electron chi connectivity index (χ2n) is 5.86. The summed E-state index contributed by atoms with van der Waals surface area (Å²) in [5.41, 5.74) is 3.76. The Morgan fingerprint density at radius 1 is 1.13 bits per heavy atom. The van der Waals surface area contributed by atoms with E-state index in [2.05, 4.69) is 20.5 Å². The van der Waals surface area contributed by atoms with Gasteiger partial charge in [-0.05, 0) is 37.1 Å². The van der Waals surface area contributed by atoms with Gasteiger partial charge in [0, 0.05) is 31.7 Å². The van der Waals surface area contributed by atoms with Gasteiger partial charge >= 0.3 is 0 Å². The van der Waals surface area contributed by atoms with E-state index in [1.54, 1.807) is 0 Å². The van der Waals surface area contributed by atoms with Gasteiger partial charge in [0.1, 0.15) is 5.82 Å². The summed E-state index contributed by atoms with van der Waals surface area (Å²) in [5, 5.41) is 6.22. The average molecular weight is 310 g/mol. The molecule has 1 aliphatic rings. The molecule has 0 bridgehead atoms. The molecule has 0 spiro atoms. The molecule has 5 heteroatoms. The van der Waals surface area contributed by atoms with Crippen molar-refractivity contribution in [2.24, 2.45) is 0 Å². The third-order valence-corrected chi connectivity index (χ3v) is 4.18. The van der Waals surface area contributed by atoms with Gasteiger partial charge in [-0.25, -0.2) is 4.98 Å². The number of hydrogen-bond acceptors (Lipinski definition) is 4. The fourth-order valence-corrected chi connectivity index (χ4v) is 2.92. The molecule has 0 saturated carbocycles. The quantitative estimate of drug-likeness (QED) is 0.914. The van der Waals surface area contributed by atoms with Crippen LogP contribution in [0.4, 0.5) is 11.5 Å². The van der Waals surface area contributed by atoms with Crippen LogP contribution in [0.3, 0.4) is 0 Å². The highest BCUT2D eigenvalue weighted by Crippen LogP contribution is 2.18. The fraction of sp³-hybridized carbons (Fsp3) is 0.333. The molecular formula is C18H22N4O. The number of carbonyl (C=O) groups is 1. The van der Waals surface area contributed by atoms with Crippen molar-refractivity contribution < 1.29 is 4.79 Å². The fourth-order valence-electron chi connectivity index (χ4n) is 2.92. The van der Waals surface area contributed by atoms with Crippen LogP contribution in [-0.4, -0.2) is 37.1 Å². The Kier molecular flexibility index (Phi) is 4.57. The second-order valence-corrected chi connectivity index (χ2v) is 5.86. The Balaban J connectivity index is 1.72. The first-order chi connectivity index (χ1) is 11.1. The first kappa shape index (κ1) is 15.5. The predicted molar refractivity (Wildman–Crippen MR) is 93.2 cm³/mol. The number of pyridine rings is 1. The Labute approximate surface area is 136 Å². The Hall–Kier alpha value is -2.40. The molecule has 0 atom stereocenters. The lowest BCUT2D eigenvalue weighted by Gasteiger charge is -2.29. The normalized spacial score (nSPS) is 14.6. The number of nitrogens with zero attached hydrogens (tertiary/aromatic N) is 2. The molecule has 0 radical (unpaired) electrons. The summed E-state index contributed by atoms with van der Waals surface area (Å²) in [6.07, 6.45) is 1.83. The number of nitrogens with one attached hydrogen (secondary N) is 2. The molecule has 2 N–H and O–H groups in total. The van der Waals surface area contributed by atoms with E-state index in [1.165, 1.54) is 0 Å². The zero-order valence-electron chi connectivity index (χ0n) is 13.6. The van der Waals surface area contributed by atoms with E-state index in [-0.39, 0.29) is 5.91 Å². The lowest BCUT2D eigenvalue weighted by molar-refractivity contribution is 0.102. The van der Waals surface area contributed by atoms with Gasteiger partial charge in [-0.15, -0.1) is 0 Å². The number of aryl methyl sites for hydroxylation is 2. The third-order valence-electron chi connectivity index (χ3n) is 4.18. The highest BCUT2D eigenvalue weighted by atomic mass is 16.1. The molecule has 1 aromatic carbocycles. The van der Waals surface area contributed by atoms with Crippen molar-refractivity contribution >= 4 is 17.4 Å². The monoisotopic (exact) mass is 310 g/mol. The van der Waals surface area contributed by atoms with Crippen molar-refractivity contribution in [1.82, 2.24) is 10.3 Å². The molecule has 0 unspecified atom stereocenters. The summed E-state index contributed by atoms with van der Waals surface area (Å²) in [7, 11) is 0. The van der Waals surface area contributed by atoms with Gasteiger partial charge in [-0.2, -0.15) is 0 Å². The zero-order valence-corrected chi connectivity index (χ0v) is 13.6. The van der Waals surface area contributed by atoms with Crippen molar-refractivity contribution in [3.8, 4) is 0 Å². The van der Waals surface area contributed by atoms with Gasteiger partial charge in [-0.3, -0.25) is 4.79 Å². The summed E-state index contributed by atoms with van der Waals surface area (Å²) in [5.74, 6) is 0.472. The molecule has 1 fully saturated rings. The summed E-state index contributed by atoms with van der Waals surface area (Å²) in [4.78, 5) is 19.1. The van der Waals surface area contributed by atoms with Crippen molar-refractivity contribution in [2.75, 3.05) is 36.4 Å². The van der Waals surface area contributed by atoms with Gasteiger partial charge < -0.3 is 15.5 Å². The minimum absolute atomic E-state index is 0.108. The zero-order chi connectivity index (χ0) is 16.2. The van der Waals surface area contributed by atoms with Gasteiger partial charge in [-0.1, -0.05) is 18.2 Å². The molecule has 1 aromatic heterocycles. The van der Waals surface area contributed by atoms with Crippen LogP contribution in [0.25, 0.3) is 0 Å². The maximum absolute atomic E-state index is 12.5. The molecule has 120 valence electrons. The lowest BCUT2D eigenvalue weighted by Crippen LogP contribution is -2.43. The Morgan fingerprint density at radius 3 is 2.43 bits per heavy atom. The minimum Gasteiger partial charge on any atom is -0.368 e. The Morgan fingerprint density at radius 2 is 1.83 bits per heavy atom. The van der Waals surface area contributed by atoms with E-state index in [4.69, 9.17) is 0 Å². The summed E-state index contributed by atoms with van der Waals surface area (Å²) in [6, 6.07) is 9.73. The van der Waals surface area contributed by atoms with Crippen molar-refractivity contribution in [1.29, 1.82) is 0 Å². The molecule has 3 rings (SSSR count). The van der Waals surface area contributed by atoms with E-state index in [1.807, 2.05) is 50.4 Å². The molecule has 1 aliphatic heterocycles. The van der Waals surface area contributed by atoms with Gasteiger partial charge in [0.05, 0.1) is 11.9 Å². The van der Waals surface area contributed by atoms with Crippen LogP contribution in [0.1, 0.15) is 21.5 Å².